The Morgan fingerprint density at radius 3 is 2.48 bits per heavy atom. The Balaban J connectivity index is 1.98. The molecule has 25 heavy (non-hydrogen) atoms. The van der Waals surface area contributed by atoms with Crippen molar-refractivity contribution in [2.75, 3.05) is 19.6 Å². The van der Waals surface area contributed by atoms with E-state index in [9.17, 15) is 9.59 Å². The van der Waals surface area contributed by atoms with Gasteiger partial charge in [-0.05, 0) is 49.4 Å². The Bertz CT molecular complexity index is 612. The summed E-state index contributed by atoms with van der Waals surface area (Å²) in [5.74, 6) is -0.491. The van der Waals surface area contributed by atoms with Gasteiger partial charge in [0.2, 0.25) is 5.91 Å². The maximum atomic E-state index is 12.6. The molecular weight excluding hydrogens is 338 g/mol. The zero-order chi connectivity index (χ0) is 18.4. The summed E-state index contributed by atoms with van der Waals surface area (Å²) in [6.07, 6.45) is 2.07. The summed E-state index contributed by atoms with van der Waals surface area (Å²) in [7, 11) is 0. The van der Waals surface area contributed by atoms with Crippen LogP contribution in [-0.2, 0) is 4.79 Å². The summed E-state index contributed by atoms with van der Waals surface area (Å²) < 4.78 is 0. The average Bonchev–Trinajstić information content (AvgIpc) is 2.58. The first-order valence-corrected chi connectivity index (χ1v) is 9.24. The van der Waals surface area contributed by atoms with Gasteiger partial charge in [-0.15, -0.1) is 0 Å². The molecule has 0 spiro atoms. The number of amides is 2. The molecule has 1 heterocycles. The lowest BCUT2D eigenvalue weighted by atomic mass is 9.81. The number of carbonyl (C=O) groups excluding carboxylic acids is 2. The minimum atomic E-state index is -0.589. The van der Waals surface area contributed by atoms with E-state index in [-0.39, 0.29) is 23.1 Å². The molecule has 1 unspecified atom stereocenters. The standard InChI is InChI=1S/C19H28ClN3O2/c1-13(2)16(23-17(24)14-6-4-5-7-15(14)20)18(25)22-12-19(3)8-10-21-11-9-19/h4-7,13,16,21H,8-12H2,1-3H3,(H,22,25)(H,23,24). The van der Waals surface area contributed by atoms with Gasteiger partial charge in [-0.25, -0.2) is 0 Å². The fraction of sp³-hybridized carbons (Fsp3) is 0.579. The van der Waals surface area contributed by atoms with Crippen molar-refractivity contribution in [1.29, 1.82) is 0 Å². The van der Waals surface area contributed by atoms with Crippen LogP contribution in [-0.4, -0.2) is 37.5 Å². The largest absolute Gasteiger partial charge is 0.354 e. The maximum absolute atomic E-state index is 12.6. The maximum Gasteiger partial charge on any atom is 0.253 e. The SMILES string of the molecule is CC(C)C(NC(=O)c1ccccc1Cl)C(=O)NCC1(C)CCNCC1. The molecule has 1 aromatic carbocycles. The van der Waals surface area contributed by atoms with Crippen LogP contribution in [0, 0.1) is 11.3 Å². The van der Waals surface area contributed by atoms with Crippen LogP contribution in [0.15, 0.2) is 24.3 Å². The van der Waals surface area contributed by atoms with E-state index in [0.717, 1.165) is 25.9 Å². The molecule has 0 bridgehead atoms. The second-order valence-corrected chi connectivity index (χ2v) is 7.86. The van der Waals surface area contributed by atoms with Crippen molar-refractivity contribution in [1.82, 2.24) is 16.0 Å². The van der Waals surface area contributed by atoms with E-state index in [0.29, 0.717) is 17.1 Å². The fourth-order valence-electron chi connectivity index (χ4n) is 3.02. The lowest BCUT2D eigenvalue weighted by molar-refractivity contribution is -0.124. The van der Waals surface area contributed by atoms with Crippen LogP contribution in [0.5, 0.6) is 0 Å². The Kier molecular flexibility index (Phi) is 6.85. The molecule has 0 radical (unpaired) electrons. The van der Waals surface area contributed by atoms with Crippen LogP contribution in [0.3, 0.4) is 0 Å². The Labute approximate surface area is 154 Å². The van der Waals surface area contributed by atoms with Crippen molar-refractivity contribution in [3.63, 3.8) is 0 Å². The van der Waals surface area contributed by atoms with Gasteiger partial charge in [0, 0.05) is 6.54 Å². The molecule has 1 aliphatic heterocycles. The van der Waals surface area contributed by atoms with Crippen LogP contribution >= 0.6 is 11.6 Å². The van der Waals surface area contributed by atoms with Crippen LogP contribution in [0.1, 0.15) is 44.0 Å². The molecule has 3 N–H and O–H groups in total. The monoisotopic (exact) mass is 365 g/mol. The summed E-state index contributed by atoms with van der Waals surface area (Å²) >= 11 is 6.08. The Morgan fingerprint density at radius 1 is 1.24 bits per heavy atom. The molecule has 2 rings (SSSR count). The molecule has 6 heteroatoms. The molecule has 1 fully saturated rings. The number of benzene rings is 1. The summed E-state index contributed by atoms with van der Waals surface area (Å²) in [6, 6.07) is 6.26. The molecule has 1 aromatic rings. The molecule has 1 atom stereocenters. The third kappa shape index (κ3) is 5.44. The number of hydrogen-bond acceptors (Lipinski definition) is 3. The van der Waals surface area contributed by atoms with Gasteiger partial charge < -0.3 is 16.0 Å². The first kappa shape index (κ1) is 19.7. The first-order chi connectivity index (χ1) is 11.8. The number of piperidine rings is 1. The Morgan fingerprint density at radius 2 is 1.88 bits per heavy atom. The molecule has 138 valence electrons. The zero-order valence-electron chi connectivity index (χ0n) is 15.2. The highest BCUT2D eigenvalue weighted by atomic mass is 35.5. The van der Waals surface area contributed by atoms with Crippen LogP contribution < -0.4 is 16.0 Å². The molecular formula is C19H28ClN3O2. The van der Waals surface area contributed by atoms with Gasteiger partial charge in [0.15, 0.2) is 0 Å². The van der Waals surface area contributed by atoms with Gasteiger partial charge in [-0.2, -0.15) is 0 Å². The van der Waals surface area contributed by atoms with Crippen molar-refractivity contribution >= 4 is 23.4 Å². The molecule has 1 saturated heterocycles. The summed E-state index contributed by atoms with van der Waals surface area (Å²) in [4.78, 5) is 25.1. The van der Waals surface area contributed by atoms with Gasteiger partial charge in [-0.1, -0.05) is 44.5 Å². The van der Waals surface area contributed by atoms with Gasteiger partial charge in [0.05, 0.1) is 10.6 Å². The van der Waals surface area contributed by atoms with Gasteiger partial charge in [0.1, 0.15) is 6.04 Å². The van der Waals surface area contributed by atoms with Crippen LogP contribution in [0.2, 0.25) is 5.02 Å². The summed E-state index contributed by atoms with van der Waals surface area (Å²) in [5.41, 5.74) is 0.489. The number of nitrogens with one attached hydrogen (secondary N) is 3. The normalized spacial score (nSPS) is 17.8. The zero-order valence-corrected chi connectivity index (χ0v) is 16.0. The van der Waals surface area contributed by atoms with E-state index < -0.39 is 6.04 Å². The molecule has 2 amide bonds. The van der Waals surface area contributed by atoms with Crippen molar-refractivity contribution in [3.8, 4) is 0 Å². The van der Waals surface area contributed by atoms with E-state index in [1.54, 1.807) is 24.3 Å². The van der Waals surface area contributed by atoms with Gasteiger partial charge >= 0.3 is 0 Å². The van der Waals surface area contributed by atoms with Crippen molar-refractivity contribution in [2.45, 2.75) is 39.7 Å². The molecule has 0 aromatic heterocycles. The van der Waals surface area contributed by atoms with Crippen molar-refractivity contribution < 1.29 is 9.59 Å². The smallest absolute Gasteiger partial charge is 0.253 e. The van der Waals surface area contributed by atoms with Crippen molar-refractivity contribution in [3.05, 3.63) is 34.9 Å². The third-order valence-corrected chi connectivity index (χ3v) is 5.18. The van der Waals surface area contributed by atoms with Gasteiger partial charge in [-0.3, -0.25) is 9.59 Å². The highest BCUT2D eigenvalue weighted by Gasteiger charge is 2.30. The second-order valence-electron chi connectivity index (χ2n) is 7.45. The first-order valence-electron chi connectivity index (χ1n) is 8.86. The summed E-state index contributed by atoms with van der Waals surface area (Å²) in [6.45, 7) is 8.61. The van der Waals surface area contributed by atoms with Crippen molar-refractivity contribution in [2.24, 2.45) is 11.3 Å². The van der Waals surface area contributed by atoms with Gasteiger partial charge in [0.25, 0.3) is 5.91 Å². The van der Waals surface area contributed by atoms with Crippen LogP contribution in [0.25, 0.3) is 0 Å². The number of hydrogen-bond donors (Lipinski definition) is 3. The van der Waals surface area contributed by atoms with E-state index >= 15 is 0 Å². The predicted molar refractivity (Wildman–Crippen MR) is 101 cm³/mol. The third-order valence-electron chi connectivity index (χ3n) is 4.85. The molecule has 0 saturated carbocycles. The lowest BCUT2D eigenvalue weighted by Crippen LogP contribution is -2.52. The van der Waals surface area contributed by atoms with E-state index in [2.05, 4.69) is 22.9 Å². The van der Waals surface area contributed by atoms with Crippen LogP contribution in [0.4, 0.5) is 0 Å². The highest BCUT2D eigenvalue weighted by molar-refractivity contribution is 6.33. The van der Waals surface area contributed by atoms with E-state index in [1.807, 2.05) is 13.8 Å². The number of carbonyl (C=O) groups is 2. The summed E-state index contributed by atoms with van der Waals surface area (Å²) in [5, 5.41) is 9.57. The lowest BCUT2D eigenvalue weighted by Gasteiger charge is -2.35. The van der Waals surface area contributed by atoms with E-state index in [1.165, 1.54) is 0 Å². The minimum Gasteiger partial charge on any atom is -0.354 e. The number of rotatable bonds is 6. The fourth-order valence-corrected chi connectivity index (χ4v) is 3.24. The average molecular weight is 366 g/mol. The Hall–Kier alpha value is -1.59. The molecule has 5 nitrogen and oxygen atoms in total. The molecule has 1 aliphatic rings. The number of halogens is 1. The predicted octanol–water partition coefficient (Wildman–Crippen LogP) is 2.60. The highest BCUT2D eigenvalue weighted by Crippen LogP contribution is 2.26. The topological polar surface area (TPSA) is 70.2 Å². The molecule has 0 aliphatic carbocycles. The minimum absolute atomic E-state index is 0.0210. The quantitative estimate of drug-likeness (QED) is 0.725. The van der Waals surface area contributed by atoms with E-state index in [4.69, 9.17) is 11.6 Å². The second kappa shape index (κ2) is 8.68.